The molecule has 1 N–H and O–H groups in total. The van der Waals surface area contributed by atoms with Gasteiger partial charge in [-0.3, -0.25) is 14.3 Å². The Hall–Kier alpha value is -2.87. The molecular weight excluding hydrogens is 396 g/mol. The second-order valence-corrected chi connectivity index (χ2v) is 7.90. The molecule has 1 saturated heterocycles. The van der Waals surface area contributed by atoms with Gasteiger partial charge in [-0.05, 0) is 43.7 Å². The number of benzene rings is 1. The Kier molecular flexibility index (Phi) is 8.46. The van der Waals surface area contributed by atoms with E-state index in [1.54, 1.807) is 25.4 Å². The molecule has 2 amide bonds. The minimum Gasteiger partial charge on any atom is -0.490 e. The maximum atomic E-state index is 12.5. The zero-order chi connectivity index (χ0) is 22.1. The number of carbonyl (C=O) groups excluding carboxylic acids is 2. The maximum Gasteiger partial charge on any atom is 0.251 e. The molecule has 0 aliphatic carbocycles. The predicted molar refractivity (Wildman–Crippen MR) is 117 cm³/mol. The second kappa shape index (κ2) is 11.5. The van der Waals surface area contributed by atoms with Crippen LogP contribution in [0.2, 0.25) is 0 Å². The Bertz CT molecular complexity index is 815. The molecule has 3 rings (SSSR count). The molecule has 2 heterocycles. The Morgan fingerprint density at radius 2 is 1.97 bits per heavy atom. The minimum atomic E-state index is -0.0950. The Morgan fingerprint density at radius 3 is 2.61 bits per heavy atom. The third kappa shape index (κ3) is 7.10. The van der Waals surface area contributed by atoms with Gasteiger partial charge >= 0.3 is 0 Å². The number of nitrogens with zero attached hydrogens (tertiary/aromatic N) is 3. The summed E-state index contributed by atoms with van der Waals surface area (Å²) < 4.78 is 12.9. The van der Waals surface area contributed by atoms with Gasteiger partial charge in [0, 0.05) is 63.6 Å². The third-order valence-corrected chi connectivity index (χ3v) is 5.46. The molecular formula is C23H32N4O4. The average Bonchev–Trinajstić information content (AvgIpc) is 3.31. The van der Waals surface area contributed by atoms with Gasteiger partial charge in [0.25, 0.3) is 5.91 Å². The van der Waals surface area contributed by atoms with Gasteiger partial charge < -0.3 is 19.7 Å². The molecule has 2 aromatic rings. The van der Waals surface area contributed by atoms with Crippen molar-refractivity contribution in [1.82, 2.24) is 20.0 Å². The van der Waals surface area contributed by atoms with Gasteiger partial charge in [-0.1, -0.05) is 0 Å². The molecule has 1 fully saturated rings. The highest BCUT2D eigenvalue weighted by Crippen LogP contribution is 2.20. The summed E-state index contributed by atoms with van der Waals surface area (Å²) in [5.74, 6) is 0.782. The number of hydrogen-bond donors (Lipinski definition) is 1. The van der Waals surface area contributed by atoms with E-state index in [4.69, 9.17) is 9.47 Å². The topological polar surface area (TPSA) is 85.7 Å². The summed E-state index contributed by atoms with van der Waals surface area (Å²) in [5, 5.41) is 7.20. The summed E-state index contributed by atoms with van der Waals surface area (Å²) in [6.45, 7) is 4.61. The number of hydrogen-bond acceptors (Lipinski definition) is 5. The van der Waals surface area contributed by atoms with E-state index in [9.17, 15) is 9.59 Å². The number of likely N-dealkylation sites (tertiary alicyclic amines) is 1. The SMILES string of the molecule is COCCC(=O)N1CCC(Oc2ccc(C(=O)N[C@@H](C)CCn3cccn3)cc2)CC1. The molecule has 0 spiro atoms. The number of nitrogens with one attached hydrogen (secondary N) is 1. The molecule has 1 aromatic carbocycles. The maximum absolute atomic E-state index is 12.5. The van der Waals surface area contributed by atoms with Gasteiger partial charge in [0.2, 0.25) is 5.91 Å². The smallest absolute Gasteiger partial charge is 0.251 e. The molecule has 1 aliphatic heterocycles. The summed E-state index contributed by atoms with van der Waals surface area (Å²) >= 11 is 0. The Morgan fingerprint density at radius 1 is 1.23 bits per heavy atom. The molecule has 0 bridgehead atoms. The number of amides is 2. The van der Waals surface area contributed by atoms with Gasteiger partial charge in [0.15, 0.2) is 0 Å². The lowest BCUT2D eigenvalue weighted by Crippen LogP contribution is -2.42. The minimum absolute atomic E-state index is 0.0458. The van der Waals surface area contributed by atoms with Crippen LogP contribution in [0.3, 0.4) is 0 Å². The third-order valence-electron chi connectivity index (χ3n) is 5.46. The second-order valence-electron chi connectivity index (χ2n) is 7.90. The van der Waals surface area contributed by atoms with Crippen molar-refractivity contribution in [2.45, 2.75) is 51.3 Å². The molecule has 1 aromatic heterocycles. The van der Waals surface area contributed by atoms with E-state index in [1.807, 2.05) is 40.9 Å². The Labute approximate surface area is 183 Å². The molecule has 8 nitrogen and oxygen atoms in total. The average molecular weight is 429 g/mol. The number of carbonyl (C=O) groups is 2. The Balaban J connectivity index is 1.40. The summed E-state index contributed by atoms with van der Waals surface area (Å²) in [6, 6.07) is 9.17. The van der Waals surface area contributed by atoms with Crippen LogP contribution in [0.15, 0.2) is 42.7 Å². The molecule has 1 atom stereocenters. The molecule has 8 heteroatoms. The normalized spacial score (nSPS) is 15.5. The van der Waals surface area contributed by atoms with Crippen molar-refractivity contribution in [3.8, 4) is 5.75 Å². The van der Waals surface area contributed by atoms with Crippen molar-refractivity contribution in [2.75, 3.05) is 26.8 Å². The molecule has 31 heavy (non-hydrogen) atoms. The van der Waals surface area contributed by atoms with Crippen molar-refractivity contribution in [2.24, 2.45) is 0 Å². The number of piperidine rings is 1. The first-order chi connectivity index (χ1) is 15.0. The van der Waals surface area contributed by atoms with E-state index < -0.39 is 0 Å². The number of rotatable bonds is 10. The first kappa shape index (κ1) is 22.8. The van der Waals surface area contributed by atoms with E-state index in [2.05, 4.69) is 10.4 Å². The zero-order valence-electron chi connectivity index (χ0n) is 18.3. The lowest BCUT2D eigenvalue weighted by atomic mass is 10.1. The van der Waals surface area contributed by atoms with E-state index in [1.165, 1.54) is 0 Å². The first-order valence-corrected chi connectivity index (χ1v) is 10.9. The highest BCUT2D eigenvalue weighted by molar-refractivity contribution is 5.94. The van der Waals surface area contributed by atoms with Crippen LogP contribution in [0.25, 0.3) is 0 Å². The van der Waals surface area contributed by atoms with Crippen molar-refractivity contribution in [1.29, 1.82) is 0 Å². The fourth-order valence-corrected chi connectivity index (χ4v) is 3.59. The largest absolute Gasteiger partial charge is 0.490 e. The van der Waals surface area contributed by atoms with Crippen LogP contribution in [0.1, 0.15) is 43.0 Å². The quantitative estimate of drug-likeness (QED) is 0.628. The van der Waals surface area contributed by atoms with Crippen LogP contribution in [-0.2, 0) is 16.1 Å². The number of ether oxygens (including phenoxy) is 2. The van der Waals surface area contributed by atoms with Crippen LogP contribution in [-0.4, -0.2) is 65.4 Å². The van der Waals surface area contributed by atoms with Gasteiger partial charge in [-0.15, -0.1) is 0 Å². The van der Waals surface area contributed by atoms with E-state index in [0.717, 1.165) is 31.6 Å². The highest BCUT2D eigenvalue weighted by atomic mass is 16.5. The fraction of sp³-hybridized carbons (Fsp3) is 0.522. The fourth-order valence-electron chi connectivity index (χ4n) is 3.59. The van der Waals surface area contributed by atoms with Gasteiger partial charge in [-0.2, -0.15) is 5.10 Å². The molecule has 1 aliphatic rings. The number of methoxy groups -OCH3 is 1. The molecule has 0 unspecified atom stereocenters. The van der Waals surface area contributed by atoms with E-state index in [0.29, 0.717) is 31.7 Å². The van der Waals surface area contributed by atoms with Crippen LogP contribution in [0.5, 0.6) is 5.75 Å². The van der Waals surface area contributed by atoms with Crippen molar-refractivity contribution < 1.29 is 19.1 Å². The standard InChI is InChI=1S/C23H32N4O4/c1-18(8-16-27-13-3-12-24-27)25-23(29)19-4-6-20(7-5-19)31-21-9-14-26(15-10-21)22(28)11-17-30-2/h3-7,12-13,18,21H,8-11,14-17H2,1-2H3,(H,25,29)/t18-/m0/s1. The molecule has 0 saturated carbocycles. The summed E-state index contributed by atoms with van der Waals surface area (Å²) in [4.78, 5) is 26.4. The zero-order valence-corrected chi connectivity index (χ0v) is 18.3. The van der Waals surface area contributed by atoms with Gasteiger partial charge in [-0.25, -0.2) is 0 Å². The predicted octanol–water partition coefficient (Wildman–Crippen LogP) is 2.50. The van der Waals surface area contributed by atoms with E-state index in [-0.39, 0.29) is 24.0 Å². The highest BCUT2D eigenvalue weighted by Gasteiger charge is 2.23. The van der Waals surface area contributed by atoms with Crippen LogP contribution < -0.4 is 10.1 Å². The summed E-state index contributed by atoms with van der Waals surface area (Å²) in [6.07, 6.45) is 6.57. The lowest BCUT2D eigenvalue weighted by molar-refractivity contribution is -0.133. The van der Waals surface area contributed by atoms with Crippen LogP contribution in [0.4, 0.5) is 0 Å². The van der Waals surface area contributed by atoms with Crippen LogP contribution in [0, 0.1) is 0 Å². The number of aromatic nitrogens is 2. The van der Waals surface area contributed by atoms with Gasteiger partial charge in [0.1, 0.15) is 11.9 Å². The van der Waals surface area contributed by atoms with Gasteiger partial charge in [0.05, 0.1) is 13.0 Å². The van der Waals surface area contributed by atoms with Crippen molar-refractivity contribution in [3.63, 3.8) is 0 Å². The van der Waals surface area contributed by atoms with Crippen molar-refractivity contribution >= 4 is 11.8 Å². The molecule has 0 radical (unpaired) electrons. The number of aryl methyl sites for hydroxylation is 1. The first-order valence-electron chi connectivity index (χ1n) is 10.9. The summed E-state index contributed by atoms with van der Waals surface area (Å²) in [7, 11) is 1.60. The van der Waals surface area contributed by atoms with Crippen molar-refractivity contribution in [3.05, 3.63) is 48.3 Å². The lowest BCUT2D eigenvalue weighted by Gasteiger charge is -2.32. The monoisotopic (exact) mass is 428 g/mol. The van der Waals surface area contributed by atoms with Crippen LogP contribution >= 0.6 is 0 Å². The van der Waals surface area contributed by atoms with E-state index >= 15 is 0 Å². The molecule has 168 valence electrons. The summed E-state index contributed by atoms with van der Waals surface area (Å²) in [5.41, 5.74) is 0.608.